The van der Waals surface area contributed by atoms with Crippen molar-refractivity contribution in [2.45, 2.75) is 6.54 Å². The second kappa shape index (κ2) is 7.86. The zero-order chi connectivity index (χ0) is 19.4. The van der Waals surface area contributed by atoms with Gasteiger partial charge in [0, 0.05) is 23.7 Å². The first kappa shape index (κ1) is 18.4. The summed E-state index contributed by atoms with van der Waals surface area (Å²) in [6.07, 6.45) is 1.38. The summed E-state index contributed by atoms with van der Waals surface area (Å²) in [5.74, 6) is -0.782. The fourth-order valence-electron chi connectivity index (χ4n) is 2.61. The Kier molecular flexibility index (Phi) is 5.35. The predicted molar refractivity (Wildman–Crippen MR) is 94.7 cm³/mol. The van der Waals surface area contributed by atoms with Crippen LogP contribution in [-0.2, 0) is 6.54 Å². The Bertz CT molecular complexity index is 973. The summed E-state index contributed by atoms with van der Waals surface area (Å²) in [7, 11) is 3.04. The standard InChI is InChI=1S/C19H17F2N3O3/c1-26-16-6-4-11(7-17(16)27-2)18-14(10-23-24-18)19(25)22-9-12-3-5-13(20)8-15(12)21/h3-8,10H,9H2,1-2H3,(H,22,25)(H,23,24). The maximum absolute atomic E-state index is 13.7. The van der Waals surface area contributed by atoms with Gasteiger partial charge in [0.2, 0.25) is 0 Å². The van der Waals surface area contributed by atoms with E-state index in [1.165, 1.54) is 26.5 Å². The number of aromatic amines is 1. The smallest absolute Gasteiger partial charge is 0.255 e. The van der Waals surface area contributed by atoms with Gasteiger partial charge >= 0.3 is 0 Å². The molecule has 2 aromatic carbocycles. The number of halogens is 2. The van der Waals surface area contributed by atoms with Crippen LogP contribution in [-0.4, -0.2) is 30.3 Å². The molecule has 0 aliphatic heterocycles. The molecule has 0 unspecified atom stereocenters. The van der Waals surface area contributed by atoms with Crippen LogP contribution in [0.5, 0.6) is 11.5 Å². The van der Waals surface area contributed by atoms with Crippen molar-refractivity contribution in [2.24, 2.45) is 0 Å². The summed E-state index contributed by atoms with van der Waals surface area (Å²) in [4.78, 5) is 12.5. The summed E-state index contributed by atoms with van der Waals surface area (Å²) < 4.78 is 37.1. The molecule has 0 saturated carbocycles. The molecule has 0 saturated heterocycles. The highest BCUT2D eigenvalue weighted by Gasteiger charge is 2.17. The Morgan fingerprint density at radius 1 is 1.11 bits per heavy atom. The van der Waals surface area contributed by atoms with Crippen LogP contribution in [0.1, 0.15) is 15.9 Å². The molecule has 1 amide bonds. The molecule has 0 spiro atoms. The Balaban J connectivity index is 1.81. The van der Waals surface area contributed by atoms with Gasteiger partial charge in [-0.15, -0.1) is 0 Å². The van der Waals surface area contributed by atoms with Crippen molar-refractivity contribution in [3.8, 4) is 22.8 Å². The number of aromatic nitrogens is 2. The molecule has 1 aromatic heterocycles. The highest BCUT2D eigenvalue weighted by Crippen LogP contribution is 2.32. The summed E-state index contributed by atoms with van der Waals surface area (Å²) in [6.45, 7) is -0.0818. The number of carbonyl (C=O) groups is 1. The molecule has 0 atom stereocenters. The van der Waals surface area contributed by atoms with Crippen molar-refractivity contribution in [3.63, 3.8) is 0 Å². The average Bonchev–Trinajstić information content (AvgIpc) is 3.16. The fourth-order valence-corrected chi connectivity index (χ4v) is 2.61. The second-order valence-corrected chi connectivity index (χ2v) is 5.65. The van der Waals surface area contributed by atoms with E-state index in [-0.39, 0.29) is 17.7 Å². The van der Waals surface area contributed by atoms with Gasteiger partial charge in [-0.3, -0.25) is 9.89 Å². The normalized spacial score (nSPS) is 10.5. The second-order valence-electron chi connectivity index (χ2n) is 5.65. The van der Waals surface area contributed by atoms with Gasteiger partial charge in [-0.05, 0) is 24.3 Å². The van der Waals surface area contributed by atoms with Crippen LogP contribution in [0.3, 0.4) is 0 Å². The molecule has 6 nitrogen and oxygen atoms in total. The third-order valence-corrected chi connectivity index (χ3v) is 4.01. The number of hydrogen-bond acceptors (Lipinski definition) is 4. The molecule has 0 bridgehead atoms. The van der Waals surface area contributed by atoms with Crippen molar-refractivity contribution >= 4 is 5.91 Å². The molecule has 0 aliphatic carbocycles. The highest BCUT2D eigenvalue weighted by atomic mass is 19.1. The van der Waals surface area contributed by atoms with Crippen LogP contribution in [0.15, 0.2) is 42.6 Å². The molecule has 2 N–H and O–H groups in total. The van der Waals surface area contributed by atoms with Gasteiger partial charge < -0.3 is 14.8 Å². The van der Waals surface area contributed by atoms with Crippen molar-refractivity contribution in [2.75, 3.05) is 14.2 Å². The largest absolute Gasteiger partial charge is 0.493 e. The van der Waals surface area contributed by atoms with Gasteiger partial charge in [-0.25, -0.2) is 8.78 Å². The Hall–Kier alpha value is -3.42. The monoisotopic (exact) mass is 373 g/mol. The van der Waals surface area contributed by atoms with E-state index in [1.807, 2.05) is 0 Å². The number of nitrogens with one attached hydrogen (secondary N) is 2. The van der Waals surface area contributed by atoms with Crippen molar-refractivity contribution in [1.82, 2.24) is 15.5 Å². The number of H-pyrrole nitrogens is 1. The third-order valence-electron chi connectivity index (χ3n) is 4.01. The minimum absolute atomic E-state index is 0.0818. The van der Waals surface area contributed by atoms with Crippen LogP contribution in [0.2, 0.25) is 0 Å². The summed E-state index contributed by atoms with van der Waals surface area (Å²) >= 11 is 0. The number of carbonyl (C=O) groups excluding carboxylic acids is 1. The van der Waals surface area contributed by atoms with Gasteiger partial charge in [0.05, 0.1) is 31.7 Å². The van der Waals surface area contributed by atoms with Crippen molar-refractivity contribution in [1.29, 1.82) is 0 Å². The van der Waals surface area contributed by atoms with Crippen molar-refractivity contribution in [3.05, 3.63) is 65.4 Å². The number of ether oxygens (including phenoxy) is 2. The van der Waals surface area contributed by atoms with Gasteiger partial charge in [0.25, 0.3) is 5.91 Å². The maximum atomic E-state index is 13.7. The number of hydrogen-bond donors (Lipinski definition) is 2. The van der Waals surface area contributed by atoms with Gasteiger partial charge in [-0.1, -0.05) is 6.07 Å². The number of rotatable bonds is 6. The van der Waals surface area contributed by atoms with Crippen LogP contribution >= 0.6 is 0 Å². The van der Waals surface area contributed by atoms with E-state index in [1.54, 1.807) is 18.2 Å². The molecular formula is C19H17F2N3O3. The van der Waals surface area contributed by atoms with Gasteiger partial charge in [0.15, 0.2) is 11.5 Å². The average molecular weight is 373 g/mol. The van der Waals surface area contributed by atoms with Crippen LogP contribution in [0.25, 0.3) is 11.3 Å². The highest BCUT2D eigenvalue weighted by molar-refractivity contribution is 5.99. The number of nitrogens with zero attached hydrogens (tertiary/aromatic N) is 1. The molecule has 1 heterocycles. The Morgan fingerprint density at radius 3 is 2.59 bits per heavy atom. The lowest BCUT2D eigenvalue weighted by Gasteiger charge is -2.10. The quantitative estimate of drug-likeness (QED) is 0.695. The topological polar surface area (TPSA) is 76.2 Å². The molecule has 8 heteroatoms. The van der Waals surface area contributed by atoms with Gasteiger partial charge in [0.1, 0.15) is 11.6 Å². The fraction of sp³-hybridized carbons (Fsp3) is 0.158. The van der Waals surface area contributed by atoms with E-state index < -0.39 is 17.5 Å². The molecule has 3 rings (SSSR count). The zero-order valence-corrected chi connectivity index (χ0v) is 14.7. The van der Waals surface area contributed by atoms with Crippen LogP contribution in [0, 0.1) is 11.6 Å². The summed E-state index contributed by atoms with van der Waals surface area (Å²) in [5, 5.41) is 9.30. The van der Waals surface area contributed by atoms with E-state index >= 15 is 0 Å². The van der Waals surface area contributed by atoms with Crippen LogP contribution in [0.4, 0.5) is 8.78 Å². The lowest BCUT2D eigenvalue weighted by Crippen LogP contribution is -2.23. The lowest BCUT2D eigenvalue weighted by atomic mass is 10.1. The molecule has 0 radical (unpaired) electrons. The lowest BCUT2D eigenvalue weighted by molar-refractivity contribution is 0.0951. The predicted octanol–water partition coefficient (Wildman–Crippen LogP) is 3.30. The third kappa shape index (κ3) is 3.89. The minimum Gasteiger partial charge on any atom is -0.493 e. The van der Waals surface area contributed by atoms with E-state index in [0.29, 0.717) is 22.8 Å². The first-order chi connectivity index (χ1) is 13.0. The van der Waals surface area contributed by atoms with Crippen molar-refractivity contribution < 1.29 is 23.0 Å². The molecule has 0 fully saturated rings. The Labute approximate surface area is 154 Å². The summed E-state index contributed by atoms with van der Waals surface area (Å²) in [5.41, 5.74) is 1.61. The Morgan fingerprint density at radius 2 is 1.89 bits per heavy atom. The van der Waals surface area contributed by atoms with Crippen LogP contribution < -0.4 is 14.8 Å². The molecular weight excluding hydrogens is 356 g/mol. The number of methoxy groups -OCH3 is 2. The molecule has 3 aromatic rings. The van der Waals surface area contributed by atoms with E-state index in [4.69, 9.17) is 9.47 Å². The van der Waals surface area contributed by atoms with E-state index in [2.05, 4.69) is 15.5 Å². The molecule has 27 heavy (non-hydrogen) atoms. The minimum atomic E-state index is -0.720. The van der Waals surface area contributed by atoms with Gasteiger partial charge in [-0.2, -0.15) is 5.10 Å². The number of benzene rings is 2. The first-order valence-electron chi connectivity index (χ1n) is 8.01. The zero-order valence-electron chi connectivity index (χ0n) is 14.7. The van der Waals surface area contributed by atoms with E-state index in [0.717, 1.165) is 12.1 Å². The molecule has 140 valence electrons. The van der Waals surface area contributed by atoms with E-state index in [9.17, 15) is 13.6 Å². The number of amides is 1. The maximum Gasteiger partial charge on any atom is 0.255 e. The summed E-state index contributed by atoms with van der Waals surface area (Å²) in [6, 6.07) is 8.38. The molecule has 0 aliphatic rings. The SMILES string of the molecule is COc1ccc(-c2[nH]ncc2C(=O)NCc2ccc(F)cc2F)cc1OC. The first-order valence-corrected chi connectivity index (χ1v) is 8.01.